The summed E-state index contributed by atoms with van der Waals surface area (Å²) in [6, 6.07) is 22.3. The van der Waals surface area contributed by atoms with Crippen molar-refractivity contribution >= 4 is 11.8 Å². The van der Waals surface area contributed by atoms with Crippen LogP contribution in [-0.2, 0) is 24.1 Å². The zero-order valence-corrected chi connectivity index (χ0v) is 21.3. The van der Waals surface area contributed by atoms with Gasteiger partial charge in [0.15, 0.2) is 0 Å². The van der Waals surface area contributed by atoms with Crippen molar-refractivity contribution in [1.29, 1.82) is 0 Å². The highest BCUT2D eigenvalue weighted by atomic mass is 19.1. The maximum Gasteiger partial charge on any atom is 0.343 e. The van der Waals surface area contributed by atoms with Gasteiger partial charge < -0.3 is 10.1 Å². The minimum atomic E-state index is -0.487. The normalized spacial score (nSPS) is 10.8. The van der Waals surface area contributed by atoms with Gasteiger partial charge in [0.05, 0.1) is 6.61 Å². The van der Waals surface area contributed by atoms with Crippen LogP contribution in [-0.4, -0.2) is 43.2 Å². The Labute approximate surface area is 224 Å². The molecule has 2 aromatic heterocycles. The van der Waals surface area contributed by atoms with E-state index in [1.165, 1.54) is 18.3 Å². The van der Waals surface area contributed by atoms with Gasteiger partial charge in [-0.2, -0.15) is 5.21 Å². The number of nitrogens with one attached hydrogen (secondary N) is 2. The molecule has 0 unspecified atom stereocenters. The van der Waals surface area contributed by atoms with Gasteiger partial charge in [0.1, 0.15) is 23.0 Å². The summed E-state index contributed by atoms with van der Waals surface area (Å²) in [4.78, 5) is 21.5. The predicted octanol–water partition coefficient (Wildman–Crippen LogP) is 5.04. The number of aryl methyl sites for hydroxylation is 2. The number of esters is 1. The van der Waals surface area contributed by atoms with E-state index in [2.05, 4.69) is 35.9 Å². The Balaban J connectivity index is 1.32. The number of aromatic nitrogens is 6. The number of hydrogen-bond donors (Lipinski definition) is 2. The van der Waals surface area contributed by atoms with Crippen molar-refractivity contribution in [3.8, 4) is 22.5 Å². The number of tetrazole rings is 1. The Kier molecular flexibility index (Phi) is 7.92. The largest absolute Gasteiger partial charge is 0.462 e. The molecule has 9 nitrogen and oxygen atoms in total. The van der Waals surface area contributed by atoms with Gasteiger partial charge in [0, 0.05) is 24.7 Å². The number of nitrogens with zero attached hydrogens (tertiary/aromatic N) is 5. The summed E-state index contributed by atoms with van der Waals surface area (Å²) in [5.41, 5.74) is 5.13. The van der Waals surface area contributed by atoms with Crippen LogP contribution in [0.1, 0.15) is 34.2 Å². The standard InChI is InChI=1S/C29H26FN7O2/c1-2-39-29(38)25-18-31-26(16-11-19-9-14-22(30)15-10-19)33-27(25)32-17-20-7-12-21(13-8-20)23-5-3-4-6-24(23)28-34-36-37-35-28/h3-10,12-15,18H,2,11,16-17H2,1H3,(H,31,32,33)(H,34,35,36,37). The lowest BCUT2D eigenvalue weighted by Gasteiger charge is -2.13. The molecule has 5 rings (SSSR count). The molecule has 0 aliphatic carbocycles. The molecule has 3 aromatic carbocycles. The predicted molar refractivity (Wildman–Crippen MR) is 144 cm³/mol. The third kappa shape index (κ3) is 6.30. The van der Waals surface area contributed by atoms with Gasteiger partial charge in [-0.1, -0.05) is 60.7 Å². The smallest absolute Gasteiger partial charge is 0.343 e. The van der Waals surface area contributed by atoms with E-state index >= 15 is 0 Å². The molecule has 2 N–H and O–H groups in total. The lowest BCUT2D eigenvalue weighted by Crippen LogP contribution is -2.14. The summed E-state index contributed by atoms with van der Waals surface area (Å²) in [6.45, 7) is 2.44. The first-order valence-electron chi connectivity index (χ1n) is 12.5. The zero-order chi connectivity index (χ0) is 27.0. The molecule has 0 spiro atoms. The zero-order valence-electron chi connectivity index (χ0n) is 21.3. The Morgan fingerprint density at radius 1 is 0.949 bits per heavy atom. The highest BCUT2D eigenvalue weighted by molar-refractivity contribution is 5.94. The summed E-state index contributed by atoms with van der Waals surface area (Å²) in [7, 11) is 0. The minimum absolute atomic E-state index is 0.247. The fraction of sp³-hybridized carbons (Fsp3) is 0.172. The van der Waals surface area contributed by atoms with Crippen molar-refractivity contribution in [3.05, 3.63) is 107 Å². The van der Waals surface area contributed by atoms with Crippen molar-refractivity contribution in [2.75, 3.05) is 11.9 Å². The second-order valence-corrected chi connectivity index (χ2v) is 8.73. The van der Waals surface area contributed by atoms with Crippen molar-refractivity contribution in [2.45, 2.75) is 26.3 Å². The number of carbonyl (C=O) groups is 1. The van der Waals surface area contributed by atoms with Crippen molar-refractivity contribution in [1.82, 2.24) is 30.6 Å². The molecule has 2 heterocycles. The number of halogens is 1. The molecule has 0 aliphatic rings. The van der Waals surface area contributed by atoms with E-state index in [0.717, 1.165) is 27.8 Å². The minimum Gasteiger partial charge on any atom is -0.462 e. The first-order chi connectivity index (χ1) is 19.1. The highest BCUT2D eigenvalue weighted by Gasteiger charge is 2.16. The number of anilines is 1. The summed E-state index contributed by atoms with van der Waals surface area (Å²) >= 11 is 0. The molecule has 0 aliphatic heterocycles. The Bertz CT molecular complexity index is 1540. The molecule has 0 radical (unpaired) electrons. The van der Waals surface area contributed by atoms with Crippen LogP contribution in [0.15, 0.2) is 79.0 Å². The second-order valence-electron chi connectivity index (χ2n) is 8.73. The second kappa shape index (κ2) is 12.0. The molecule has 0 fully saturated rings. The maximum absolute atomic E-state index is 13.2. The van der Waals surface area contributed by atoms with E-state index in [-0.39, 0.29) is 18.0 Å². The maximum atomic E-state index is 13.2. The summed E-state index contributed by atoms with van der Waals surface area (Å²) in [5, 5.41) is 17.7. The third-order valence-electron chi connectivity index (χ3n) is 6.12. The number of hydrogen-bond acceptors (Lipinski definition) is 8. The molecule has 0 saturated carbocycles. The van der Waals surface area contributed by atoms with E-state index in [4.69, 9.17) is 4.74 Å². The Hall–Kier alpha value is -4.99. The highest BCUT2D eigenvalue weighted by Crippen LogP contribution is 2.30. The number of aromatic amines is 1. The van der Waals surface area contributed by atoms with E-state index in [1.807, 2.05) is 48.5 Å². The first kappa shape index (κ1) is 25.7. The molecule has 196 valence electrons. The van der Waals surface area contributed by atoms with Gasteiger partial charge in [-0.15, -0.1) is 10.2 Å². The van der Waals surface area contributed by atoms with Crippen LogP contribution >= 0.6 is 0 Å². The molecule has 0 atom stereocenters. The fourth-order valence-corrected chi connectivity index (χ4v) is 4.13. The SMILES string of the molecule is CCOC(=O)c1cnc(CCc2ccc(F)cc2)nc1NCc1ccc(-c2ccccc2-c2nn[nH]n2)cc1. The van der Waals surface area contributed by atoms with Gasteiger partial charge in [-0.25, -0.2) is 19.2 Å². The molecule has 0 saturated heterocycles. The number of rotatable bonds is 10. The quantitative estimate of drug-likeness (QED) is 0.245. The lowest BCUT2D eigenvalue weighted by atomic mass is 9.98. The van der Waals surface area contributed by atoms with Crippen molar-refractivity contribution < 1.29 is 13.9 Å². The molecule has 39 heavy (non-hydrogen) atoms. The number of ether oxygens (including phenoxy) is 1. The number of carbonyl (C=O) groups excluding carboxylic acids is 1. The monoisotopic (exact) mass is 523 g/mol. The average Bonchev–Trinajstić information content (AvgIpc) is 3.51. The average molecular weight is 524 g/mol. The number of H-pyrrole nitrogens is 1. The fourth-order valence-electron chi connectivity index (χ4n) is 4.13. The van der Waals surface area contributed by atoms with Gasteiger partial charge in [-0.05, 0) is 52.9 Å². The van der Waals surface area contributed by atoms with Gasteiger partial charge in [0.2, 0.25) is 5.82 Å². The van der Waals surface area contributed by atoms with E-state index in [0.29, 0.717) is 36.9 Å². The van der Waals surface area contributed by atoms with Crippen LogP contribution in [0.25, 0.3) is 22.5 Å². The van der Waals surface area contributed by atoms with Gasteiger partial charge >= 0.3 is 5.97 Å². The van der Waals surface area contributed by atoms with Crippen molar-refractivity contribution in [3.63, 3.8) is 0 Å². The van der Waals surface area contributed by atoms with Crippen molar-refractivity contribution in [2.24, 2.45) is 0 Å². The summed E-state index contributed by atoms with van der Waals surface area (Å²) in [5.74, 6) is 0.747. The molecule has 0 amide bonds. The van der Waals surface area contributed by atoms with E-state index < -0.39 is 5.97 Å². The van der Waals surface area contributed by atoms with E-state index in [9.17, 15) is 9.18 Å². The molecule has 0 bridgehead atoms. The van der Waals surface area contributed by atoms with Crippen LogP contribution in [0.4, 0.5) is 10.2 Å². The van der Waals surface area contributed by atoms with Crippen LogP contribution in [0.2, 0.25) is 0 Å². The van der Waals surface area contributed by atoms with Crippen LogP contribution < -0.4 is 5.32 Å². The van der Waals surface area contributed by atoms with E-state index in [1.54, 1.807) is 19.1 Å². The lowest BCUT2D eigenvalue weighted by molar-refractivity contribution is 0.0526. The van der Waals surface area contributed by atoms with Crippen LogP contribution in [0, 0.1) is 5.82 Å². The summed E-state index contributed by atoms with van der Waals surface area (Å²) < 4.78 is 18.4. The van der Waals surface area contributed by atoms with Crippen LogP contribution in [0.5, 0.6) is 0 Å². The molecular weight excluding hydrogens is 497 g/mol. The summed E-state index contributed by atoms with van der Waals surface area (Å²) in [6.07, 6.45) is 2.68. The Morgan fingerprint density at radius 2 is 1.69 bits per heavy atom. The van der Waals surface area contributed by atoms with Crippen LogP contribution in [0.3, 0.4) is 0 Å². The third-order valence-corrected chi connectivity index (χ3v) is 6.12. The molecular formula is C29H26FN7O2. The Morgan fingerprint density at radius 3 is 2.41 bits per heavy atom. The topological polar surface area (TPSA) is 119 Å². The van der Waals surface area contributed by atoms with Gasteiger partial charge in [-0.3, -0.25) is 0 Å². The first-order valence-corrected chi connectivity index (χ1v) is 12.5. The molecule has 10 heteroatoms. The number of benzene rings is 3. The molecule has 5 aromatic rings. The van der Waals surface area contributed by atoms with Gasteiger partial charge in [0.25, 0.3) is 0 Å².